The van der Waals surface area contributed by atoms with E-state index in [-0.39, 0.29) is 28.9 Å². The molecule has 1 aliphatic rings. The van der Waals surface area contributed by atoms with Crippen LogP contribution in [0.25, 0.3) is 0 Å². The number of nitrogens with zero attached hydrogens (tertiary/aromatic N) is 1. The lowest BCUT2D eigenvalue weighted by atomic mass is 9.77. The van der Waals surface area contributed by atoms with E-state index in [4.69, 9.17) is 0 Å². The molecule has 0 aliphatic heterocycles. The van der Waals surface area contributed by atoms with Gasteiger partial charge in [0.2, 0.25) is 0 Å². The van der Waals surface area contributed by atoms with E-state index in [1.165, 1.54) is 18.2 Å². The molecule has 7 heteroatoms. The summed E-state index contributed by atoms with van der Waals surface area (Å²) in [5.74, 6) is -0.0276. The number of pyridine rings is 1. The summed E-state index contributed by atoms with van der Waals surface area (Å²) in [4.78, 5) is 27.3. The van der Waals surface area contributed by atoms with E-state index in [1.54, 1.807) is 12.4 Å². The van der Waals surface area contributed by atoms with Gasteiger partial charge in [-0.25, -0.2) is 0 Å². The zero-order valence-corrected chi connectivity index (χ0v) is 12.2. The van der Waals surface area contributed by atoms with E-state index in [2.05, 4.69) is 10.3 Å². The third kappa shape index (κ3) is 3.30. The largest absolute Gasteiger partial charge is 0.489 e. The van der Waals surface area contributed by atoms with Crippen LogP contribution in [0, 0.1) is 0 Å². The van der Waals surface area contributed by atoms with Crippen molar-refractivity contribution < 1.29 is 19.6 Å². The van der Waals surface area contributed by atoms with Gasteiger partial charge in [-0.3, -0.25) is 14.6 Å². The normalized spacial score (nSPS) is 19.0. The maximum Gasteiger partial charge on any atom is 0.489 e. The molecule has 0 bridgehead atoms. The molecule has 0 spiro atoms. The molecule has 0 unspecified atom stereocenters. The minimum absolute atomic E-state index is 0.0505. The summed E-state index contributed by atoms with van der Waals surface area (Å²) in [7, 11) is -1.74. The number of aldehydes is 1. The van der Waals surface area contributed by atoms with Crippen LogP contribution in [0.2, 0.25) is 0 Å². The lowest BCUT2D eigenvalue weighted by Crippen LogP contribution is -2.34. The number of hydrogen-bond acceptors (Lipinski definition) is 5. The molecule has 23 heavy (non-hydrogen) atoms. The Balaban J connectivity index is 1.69. The van der Waals surface area contributed by atoms with Gasteiger partial charge in [-0.15, -0.1) is 0 Å². The zero-order chi connectivity index (χ0) is 16.4. The van der Waals surface area contributed by atoms with E-state index < -0.39 is 7.12 Å². The lowest BCUT2D eigenvalue weighted by molar-refractivity contribution is 0.0950. The predicted molar refractivity (Wildman–Crippen MR) is 84.5 cm³/mol. The van der Waals surface area contributed by atoms with E-state index in [0.29, 0.717) is 11.8 Å². The molecule has 2 atom stereocenters. The molecule has 1 amide bonds. The summed E-state index contributed by atoms with van der Waals surface area (Å²) in [5.41, 5.74) is 1.57. The van der Waals surface area contributed by atoms with E-state index in [1.807, 2.05) is 12.1 Å². The van der Waals surface area contributed by atoms with Gasteiger partial charge in [0.05, 0.1) is 0 Å². The van der Waals surface area contributed by atoms with Crippen LogP contribution < -0.4 is 10.8 Å². The molecule has 1 aromatic carbocycles. The summed E-state index contributed by atoms with van der Waals surface area (Å²) < 4.78 is 0. The second-order valence-corrected chi connectivity index (χ2v) is 5.54. The van der Waals surface area contributed by atoms with Gasteiger partial charge in [0, 0.05) is 35.5 Å². The average Bonchev–Trinajstić information content (AvgIpc) is 3.34. The number of carbonyl (C=O) groups is 2. The number of carbonyl (C=O) groups excluding carboxylic acids is 2. The zero-order valence-electron chi connectivity index (χ0n) is 12.2. The Morgan fingerprint density at radius 2 is 2.17 bits per heavy atom. The molecule has 3 N–H and O–H groups in total. The van der Waals surface area contributed by atoms with Gasteiger partial charge >= 0.3 is 7.12 Å². The van der Waals surface area contributed by atoms with Gasteiger partial charge in [-0.2, -0.15) is 0 Å². The van der Waals surface area contributed by atoms with Crippen molar-refractivity contribution in [2.24, 2.45) is 0 Å². The second-order valence-electron chi connectivity index (χ2n) is 5.54. The highest BCUT2D eigenvalue weighted by molar-refractivity contribution is 6.60. The first-order valence-corrected chi connectivity index (χ1v) is 7.26. The summed E-state index contributed by atoms with van der Waals surface area (Å²) in [6, 6.07) is 8.09. The molecule has 1 heterocycles. The molecule has 6 nitrogen and oxygen atoms in total. The minimum atomic E-state index is -1.74. The van der Waals surface area contributed by atoms with Crippen LogP contribution >= 0.6 is 0 Å². The van der Waals surface area contributed by atoms with Gasteiger partial charge in [0.15, 0.2) is 0 Å². The van der Waals surface area contributed by atoms with Crippen molar-refractivity contribution >= 4 is 24.8 Å². The van der Waals surface area contributed by atoms with Crippen LogP contribution in [0.15, 0.2) is 42.7 Å². The topological polar surface area (TPSA) is 99.5 Å². The van der Waals surface area contributed by atoms with Crippen LogP contribution in [-0.2, 0) is 0 Å². The summed E-state index contributed by atoms with van der Waals surface area (Å²) in [5, 5.41) is 21.3. The molecule has 2 aromatic rings. The third-order valence-electron chi connectivity index (χ3n) is 3.97. The lowest BCUT2D eigenvalue weighted by Gasteiger charge is -2.08. The highest BCUT2D eigenvalue weighted by Crippen LogP contribution is 2.40. The van der Waals surface area contributed by atoms with Crippen LogP contribution in [0.4, 0.5) is 0 Å². The predicted octanol–water partition coefficient (Wildman–Crippen LogP) is -0.140. The Morgan fingerprint density at radius 3 is 2.83 bits per heavy atom. The highest BCUT2D eigenvalue weighted by atomic mass is 16.4. The summed E-state index contributed by atoms with van der Waals surface area (Å²) >= 11 is 0. The van der Waals surface area contributed by atoms with Gasteiger partial charge < -0.3 is 15.4 Å². The molecule has 1 fully saturated rings. The number of hydrogen-bond donors (Lipinski definition) is 3. The number of aromatic nitrogens is 1. The monoisotopic (exact) mass is 310 g/mol. The Bertz CT molecular complexity index is 736. The van der Waals surface area contributed by atoms with Crippen molar-refractivity contribution in [3.05, 3.63) is 59.4 Å². The molecule has 1 saturated carbocycles. The van der Waals surface area contributed by atoms with Gasteiger partial charge in [0.25, 0.3) is 5.91 Å². The molecule has 1 aliphatic carbocycles. The molecular weight excluding hydrogens is 295 g/mol. The number of nitrogens with one attached hydrogen (secondary N) is 1. The molecule has 0 saturated heterocycles. The third-order valence-corrected chi connectivity index (χ3v) is 3.97. The summed E-state index contributed by atoms with van der Waals surface area (Å²) in [6.45, 7) is 0. The minimum Gasteiger partial charge on any atom is -0.423 e. The Morgan fingerprint density at radius 1 is 1.35 bits per heavy atom. The smallest absolute Gasteiger partial charge is 0.423 e. The van der Waals surface area contributed by atoms with Gasteiger partial charge in [-0.05, 0) is 35.6 Å². The fourth-order valence-corrected chi connectivity index (χ4v) is 2.62. The molecule has 1 aromatic heterocycles. The fourth-order valence-electron chi connectivity index (χ4n) is 2.62. The van der Waals surface area contributed by atoms with Crippen LogP contribution in [0.5, 0.6) is 0 Å². The number of benzene rings is 1. The van der Waals surface area contributed by atoms with Crippen molar-refractivity contribution in [3.8, 4) is 0 Å². The van der Waals surface area contributed by atoms with Crippen LogP contribution in [0.3, 0.4) is 0 Å². The molecule has 116 valence electrons. The van der Waals surface area contributed by atoms with Crippen molar-refractivity contribution in [1.82, 2.24) is 10.3 Å². The SMILES string of the molecule is O=Cc1cc(C(=O)N[C@@H]2C[C@H]2c2cccnc2)ccc1B(O)O. The van der Waals surface area contributed by atoms with E-state index >= 15 is 0 Å². The number of amides is 1. The van der Waals surface area contributed by atoms with Crippen molar-refractivity contribution in [3.63, 3.8) is 0 Å². The quantitative estimate of drug-likeness (QED) is 0.527. The fraction of sp³-hybridized carbons (Fsp3) is 0.188. The average molecular weight is 310 g/mol. The van der Waals surface area contributed by atoms with Gasteiger partial charge in [-0.1, -0.05) is 12.1 Å². The Labute approximate surface area is 133 Å². The Hall–Kier alpha value is -2.51. The van der Waals surface area contributed by atoms with Crippen molar-refractivity contribution in [1.29, 1.82) is 0 Å². The second kappa shape index (κ2) is 6.32. The molecule has 0 radical (unpaired) electrons. The van der Waals surface area contributed by atoms with Crippen molar-refractivity contribution in [2.75, 3.05) is 0 Å². The maximum atomic E-state index is 12.3. The Kier molecular flexibility index (Phi) is 4.23. The molecular formula is C16H15BN2O4. The van der Waals surface area contributed by atoms with E-state index in [9.17, 15) is 19.6 Å². The summed E-state index contributed by atoms with van der Waals surface area (Å²) in [6.07, 6.45) is 4.85. The highest BCUT2D eigenvalue weighted by Gasteiger charge is 2.39. The van der Waals surface area contributed by atoms with Gasteiger partial charge in [0.1, 0.15) is 6.29 Å². The maximum absolute atomic E-state index is 12.3. The first-order chi connectivity index (χ1) is 11.1. The van der Waals surface area contributed by atoms with Crippen LogP contribution in [-0.4, -0.2) is 40.4 Å². The van der Waals surface area contributed by atoms with Crippen LogP contribution in [0.1, 0.15) is 38.6 Å². The van der Waals surface area contributed by atoms with Crippen molar-refractivity contribution in [2.45, 2.75) is 18.4 Å². The van der Waals surface area contributed by atoms with E-state index in [0.717, 1.165) is 12.0 Å². The number of rotatable bonds is 5. The first-order valence-electron chi connectivity index (χ1n) is 7.26. The standard InChI is InChI=1S/C16H15BN2O4/c20-9-12-6-10(3-4-14(12)17(22)23)16(21)19-15-7-13(15)11-2-1-5-18-8-11/h1-6,8-9,13,15,22-23H,7H2,(H,19,21)/t13-,15+/m0/s1. The first kappa shape index (κ1) is 15.4. The molecule has 3 rings (SSSR count).